The SMILES string of the molecule is CC1C(=O)c2ccccc2[C@@H]1O. The molecule has 1 aromatic carbocycles. The summed E-state index contributed by atoms with van der Waals surface area (Å²) in [5.74, 6) is -0.222. The van der Waals surface area contributed by atoms with Gasteiger partial charge in [-0.2, -0.15) is 0 Å². The van der Waals surface area contributed by atoms with Gasteiger partial charge in [-0.1, -0.05) is 31.2 Å². The van der Waals surface area contributed by atoms with Gasteiger partial charge in [0.15, 0.2) is 5.78 Å². The molecule has 12 heavy (non-hydrogen) atoms. The number of rotatable bonds is 0. The minimum atomic E-state index is -0.603. The van der Waals surface area contributed by atoms with E-state index >= 15 is 0 Å². The van der Waals surface area contributed by atoms with Crippen molar-refractivity contribution in [2.45, 2.75) is 13.0 Å². The molecule has 2 atom stereocenters. The second kappa shape index (κ2) is 2.42. The first kappa shape index (κ1) is 7.50. The van der Waals surface area contributed by atoms with Crippen LogP contribution in [0.4, 0.5) is 0 Å². The molecule has 1 N–H and O–H groups in total. The van der Waals surface area contributed by atoms with Crippen molar-refractivity contribution in [2.24, 2.45) is 5.92 Å². The van der Waals surface area contributed by atoms with Crippen LogP contribution in [0, 0.1) is 5.92 Å². The van der Waals surface area contributed by atoms with Crippen molar-refractivity contribution in [3.63, 3.8) is 0 Å². The molecule has 1 aromatic rings. The zero-order valence-corrected chi connectivity index (χ0v) is 6.82. The summed E-state index contributed by atoms with van der Waals surface area (Å²) < 4.78 is 0. The topological polar surface area (TPSA) is 37.3 Å². The van der Waals surface area contributed by atoms with Crippen LogP contribution in [0.15, 0.2) is 24.3 Å². The molecular weight excluding hydrogens is 152 g/mol. The Morgan fingerprint density at radius 1 is 1.33 bits per heavy atom. The zero-order valence-electron chi connectivity index (χ0n) is 6.82. The van der Waals surface area contributed by atoms with Crippen LogP contribution in [-0.4, -0.2) is 10.9 Å². The first-order chi connectivity index (χ1) is 5.72. The summed E-state index contributed by atoms with van der Waals surface area (Å²) in [7, 11) is 0. The van der Waals surface area contributed by atoms with Gasteiger partial charge in [0.25, 0.3) is 0 Å². The van der Waals surface area contributed by atoms with Crippen molar-refractivity contribution in [1.29, 1.82) is 0 Å². The predicted octanol–water partition coefficient (Wildman–Crippen LogP) is 1.55. The molecule has 0 bridgehead atoms. The third kappa shape index (κ3) is 0.816. The number of ketones is 1. The zero-order chi connectivity index (χ0) is 8.72. The lowest BCUT2D eigenvalue weighted by molar-refractivity contribution is 0.0790. The van der Waals surface area contributed by atoms with E-state index in [2.05, 4.69) is 0 Å². The molecule has 0 saturated heterocycles. The van der Waals surface area contributed by atoms with Gasteiger partial charge < -0.3 is 5.11 Å². The van der Waals surface area contributed by atoms with Crippen molar-refractivity contribution in [1.82, 2.24) is 0 Å². The minimum Gasteiger partial charge on any atom is -0.388 e. The Labute approximate surface area is 70.8 Å². The first-order valence-corrected chi connectivity index (χ1v) is 4.03. The van der Waals surface area contributed by atoms with Gasteiger partial charge in [-0.3, -0.25) is 4.79 Å². The number of aliphatic hydroxyl groups excluding tert-OH is 1. The maximum absolute atomic E-state index is 11.4. The largest absolute Gasteiger partial charge is 0.388 e. The summed E-state index contributed by atoms with van der Waals surface area (Å²) in [4.78, 5) is 11.4. The fourth-order valence-electron chi connectivity index (χ4n) is 1.64. The van der Waals surface area contributed by atoms with Gasteiger partial charge in [0.05, 0.1) is 6.10 Å². The number of Topliss-reactive ketones (excluding diaryl/α,β-unsaturated/α-hetero) is 1. The average Bonchev–Trinajstić information content (AvgIpc) is 2.33. The van der Waals surface area contributed by atoms with Crippen LogP contribution in [0.2, 0.25) is 0 Å². The average molecular weight is 162 g/mol. The molecule has 0 heterocycles. The van der Waals surface area contributed by atoms with E-state index in [0.717, 1.165) is 5.56 Å². The number of hydrogen-bond acceptors (Lipinski definition) is 2. The summed E-state index contributed by atoms with van der Waals surface area (Å²) >= 11 is 0. The summed E-state index contributed by atoms with van der Waals surface area (Å²) in [5, 5.41) is 9.60. The summed E-state index contributed by atoms with van der Waals surface area (Å²) in [6, 6.07) is 7.24. The first-order valence-electron chi connectivity index (χ1n) is 4.03. The van der Waals surface area contributed by atoms with Gasteiger partial charge in [0.1, 0.15) is 0 Å². The van der Waals surface area contributed by atoms with Crippen molar-refractivity contribution in [2.75, 3.05) is 0 Å². The van der Waals surface area contributed by atoms with Gasteiger partial charge in [0, 0.05) is 11.5 Å². The fourth-order valence-corrected chi connectivity index (χ4v) is 1.64. The van der Waals surface area contributed by atoms with E-state index in [9.17, 15) is 9.90 Å². The van der Waals surface area contributed by atoms with Crippen LogP contribution >= 0.6 is 0 Å². The summed E-state index contributed by atoms with van der Waals surface area (Å²) in [6.07, 6.45) is -0.603. The molecule has 0 radical (unpaired) electrons. The Bertz CT molecular complexity index is 330. The van der Waals surface area contributed by atoms with Gasteiger partial charge in [-0.15, -0.1) is 0 Å². The number of carbonyl (C=O) groups is 1. The van der Waals surface area contributed by atoms with Crippen LogP contribution in [0.25, 0.3) is 0 Å². The maximum Gasteiger partial charge on any atom is 0.168 e. The molecule has 1 aliphatic carbocycles. The predicted molar refractivity (Wildman–Crippen MR) is 44.9 cm³/mol. The molecule has 62 valence electrons. The second-order valence-electron chi connectivity index (χ2n) is 3.19. The molecule has 2 heteroatoms. The normalized spacial score (nSPS) is 27.3. The molecule has 2 rings (SSSR count). The number of hydrogen-bond donors (Lipinski definition) is 1. The lowest BCUT2D eigenvalue weighted by Gasteiger charge is -2.05. The Morgan fingerprint density at radius 3 is 2.67 bits per heavy atom. The number of aliphatic hydroxyl groups is 1. The van der Waals surface area contributed by atoms with E-state index in [0.29, 0.717) is 5.56 Å². The smallest absolute Gasteiger partial charge is 0.168 e. The molecule has 1 unspecified atom stereocenters. The molecule has 2 nitrogen and oxygen atoms in total. The molecule has 0 aromatic heterocycles. The van der Waals surface area contributed by atoms with Crippen LogP contribution in [-0.2, 0) is 0 Å². The van der Waals surface area contributed by atoms with E-state index in [1.807, 2.05) is 12.1 Å². The van der Waals surface area contributed by atoms with E-state index in [-0.39, 0.29) is 11.7 Å². The van der Waals surface area contributed by atoms with Gasteiger partial charge in [-0.25, -0.2) is 0 Å². The molecule has 0 spiro atoms. The Kier molecular flexibility index (Phi) is 1.51. The van der Waals surface area contributed by atoms with Crippen LogP contribution in [0.1, 0.15) is 28.9 Å². The Balaban J connectivity index is 2.59. The second-order valence-corrected chi connectivity index (χ2v) is 3.19. The lowest BCUT2D eigenvalue weighted by atomic mass is 10.1. The van der Waals surface area contributed by atoms with Gasteiger partial charge in [0.2, 0.25) is 0 Å². The maximum atomic E-state index is 11.4. The molecule has 0 saturated carbocycles. The highest BCUT2D eigenvalue weighted by molar-refractivity contribution is 6.02. The molecule has 0 fully saturated rings. The van der Waals surface area contributed by atoms with Crippen LogP contribution < -0.4 is 0 Å². The van der Waals surface area contributed by atoms with E-state index in [1.165, 1.54) is 0 Å². The van der Waals surface area contributed by atoms with Crippen molar-refractivity contribution in [3.05, 3.63) is 35.4 Å². The number of carbonyl (C=O) groups excluding carboxylic acids is 1. The molecular formula is C10H10O2. The lowest BCUT2D eigenvalue weighted by Crippen LogP contribution is -2.08. The fraction of sp³-hybridized carbons (Fsp3) is 0.300. The van der Waals surface area contributed by atoms with Crippen molar-refractivity contribution < 1.29 is 9.90 Å². The number of fused-ring (bicyclic) bond motifs is 1. The third-order valence-electron chi connectivity index (χ3n) is 2.43. The quantitative estimate of drug-likeness (QED) is 0.628. The monoisotopic (exact) mass is 162 g/mol. The van der Waals surface area contributed by atoms with Crippen LogP contribution in [0.3, 0.4) is 0 Å². The summed E-state index contributed by atoms with van der Waals surface area (Å²) in [6.45, 7) is 1.76. The van der Waals surface area contributed by atoms with Crippen molar-refractivity contribution in [3.8, 4) is 0 Å². The van der Waals surface area contributed by atoms with Crippen LogP contribution in [0.5, 0.6) is 0 Å². The Hall–Kier alpha value is -1.15. The third-order valence-corrected chi connectivity index (χ3v) is 2.43. The minimum absolute atomic E-state index is 0.0538. The van der Waals surface area contributed by atoms with E-state index < -0.39 is 6.10 Å². The van der Waals surface area contributed by atoms with Gasteiger partial charge >= 0.3 is 0 Å². The molecule has 1 aliphatic rings. The Morgan fingerprint density at radius 2 is 2.00 bits per heavy atom. The highest BCUT2D eigenvalue weighted by Crippen LogP contribution is 2.34. The summed E-state index contributed by atoms with van der Waals surface area (Å²) in [5.41, 5.74) is 1.45. The molecule has 0 aliphatic heterocycles. The highest BCUT2D eigenvalue weighted by Gasteiger charge is 2.34. The number of benzene rings is 1. The highest BCUT2D eigenvalue weighted by atomic mass is 16.3. The van der Waals surface area contributed by atoms with E-state index in [4.69, 9.17) is 0 Å². The van der Waals surface area contributed by atoms with Gasteiger partial charge in [-0.05, 0) is 5.56 Å². The van der Waals surface area contributed by atoms with Crippen molar-refractivity contribution >= 4 is 5.78 Å². The van der Waals surface area contributed by atoms with E-state index in [1.54, 1.807) is 19.1 Å². The molecule has 0 amide bonds. The standard InChI is InChI=1S/C10H10O2/c1-6-9(11)7-4-2-3-5-8(7)10(6)12/h2-6,9,11H,1H3/t6?,9-/m1/s1.